The highest BCUT2D eigenvalue weighted by Crippen LogP contribution is 2.44. The summed E-state index contributed by atoms with van der Waals surface area (Å²) in [5, 5.41) is 15.3. The Labute approximate surface area is 128 Å². The predicted octanol–water partition coefficient (Wildman–Crippen LogP) is 2.07. The fourth-order valence-corrected chi connectivity index (χ4v) is 2.19. The number of hydrogen-bond acceptors (Lipinski definition) is 5. The molecule has 1 aliphatic carbocycles. The number of aromatic hydroxyl groups is 1. The van der Waals surface area contributed by atoms with Crippen molar-refractivity contribution in [2.45, 2.75) is 31.5 Å². The highest BCUT2D eigenvalue weighted by molar-refractivity contribution is 6.01. The molecule has 7 nitrogen and oxygen atoms in total. The molecule has 0 aliphatic heterocycles. The summed E-state index contributed by atoms with van der Waals surface area (Å²) in [6.45, 7) is -1.20. The van der Waals surface area contributed by atoms with Gasteiger partial charge in [-0.15, -0.1) is 0 Å². The SMILES string of the molecule is O=C(Nc1cnn(CC(F)(F)F)c1C1CC1)c1ncc(O)cn1. The van der Waals surface area contributed by atoms with Gasteiger partial charge in [-0.2, -0.15) is 18.3 Å². The number of anilines is 1. The summed E-state index contributed by atoms with van der Waals surface area (Å²) in [6, 6.07) is 0. The molecule has 2 aromatic heterocycles. The van der Waals surface area contributed by atoms with Crippen molar-refractivity contribution in [3.63, 3.8) is 0 Å². The van der Waals surface area contributed by atoms with Crippen LogP contribution in [-0.4, -0.2) is 36.9 Å². The van der Waals surface area contributed by atoms with E-state index in [9.17, 15) is 18.0 Å². The van der Waals surface area contributed by atoms with Crippen LogP contribution in [-0.2, 0) is 6.54 Å². The minimum Gasteiger partial charge on any atom is -0.505 e. The molecule has 3 rings (SSSR count). The second-order valence-electron chi connectivity index (χ2n) is 5.21. The normalized spacial score (nSPS) is 14.7. The average molecular weight is 327 g/mol. The van der Waals surface area contributed by atoms with Crippen molar-refractivity contribution in [2.75, 3.05) is 5.32 Å². The highest BCUT2D eigenvalue weighted by atomic mass is 19.4. The molecule has 10 heteroatoms. The number of aromatic nitrogens is 4. The molecule has 1 saturated carbocycles. The van der Waals surface area contributed by atoms with E-state index in [0.29, 0.717) is 5.69 Å². The monoisotopic (exact) mass is 327 g/mol. The molecular formula is C13H12F3N5O2. The Hall–Kier alpha value is -2.65. The lowest BCUT2D eigenvalue weighted by molar-refractivity contribution is -0.143. The molecule has 1 aliphatic rings. The predicted molar refractivity (Wildman–Crippen MR) is 71.9 cm³/mol. The van der Waals surface area contributed by atoms with Gasteiger partial charge in [0.15, 0.2) is 5.75 Å². The molecule has 0 bridgehead atoms. The third-order valence-electron chi connectivity index (χ3n) is 3.26. The van der Waals surface area contributed by atoms with E-state index in [-0.39, 0.29) is 23.2 Å². The Morgan fingerprint density at radius 1 is 1.30 bits per heavy atom. The number of hydrogen-bond donors (Lipinski definition) is 2. The molecule has 0 spiro atoms. The fraction of sp³-hybridized carbons (Fsp3) is 0.385. The van der Waals surface area contributed by atoms with Gasteiger partial charge in [-0.25, -0.2) is 9.97 Å². The average Bonchev–Trinajstić information content (AvgIpc) is 3.22. The first-order valence-electron chi connectivity index (χ1n) is 6.78. The molecule has 0 unspecified atom stereocenters. The lowest BCUT2D eigenvalue weighted by atomic mass is 10.2. The van der Waals surface area contributed by atoms with E-state index in [2.05, 4.69) is 20.4 Å². The van der Waals surface area contributed by atoms with Crippen LogP contribution < -0.4 is 5.32 Å². The van der Waals surface area contributed by atoms with E-state index in [4.69, 9.17) is 5.11 Å². The van der Waals surface area contributed by atoms with Crippen LogP contribution in [0.15, 0.2) is 18.6 Å². The van der Waals surface area contributed by atoms with Crippen molar-refractivity contribution < 1.29 is 23.1 Å². The number of alkyl halides is 3. The van der Waals surface area contributed by atoms with Crippen molar-refractivity contribution in [1.82, 2.24) is 19.7 Å². The molecule has 0 aromatic carbocycles. The van der Waals surface area contributed by atoms with Gasteiger partial charge >= 0.3 is 6.18 Å². The second kappa shape index (κ2) is 5.52. The van der Waals surface area contributed by atoms with Crippen molar-refractivity contribution >= 4 is 11.6 Å². The molecule has 1 amide bonds. The Balaban J connectivity index is 1.82. The van der Waals surface area contributed by atoms with Gasteiger partial charge in [-0.3, -0.25) is 9.48 Å². The van der Waals surface area contributed by atoms with Gasteiger partial charge in [-0.05, 0) is 12.8 Å². The number of rotatable bonds is 4. The number of carbonyl (C=O) groups excluding carboxylic acids is 1. The standard InChI is InChI=1S/C13H12F3N5O2/c14-13(15,16)6-21-10(7-1-2-7)9(5-19-21)20-12(23)11-17-3-8(22)4-18-11/h3-5,7,22H,1-2,6H2,(H,20,23). The first-order chi connectivity index (χ1) is 10.8. The lowest BCUT2D eigenvalue weighted by Gasteiger charge is -2.11. The maximum atomic E-state index is 12.6. The van der Waals surface area contributed by atoms with Gasteiger partial charge in [0.2, 0.25) is 5.82 Å². The maximum absolute atomic E-state index is 12.6. The molecular weight excluding hydrogens is 315 g/mol. The summed E-state index contributed by atoms with van der Waals surface area (Å²) < 4.78 is 38.6. The zero-order valence-corrected chi connectivity index (χ0v) is 11.7. The lowest BCUT2D eigenvalue weighted by Crippen LogP contribution is -2.21. The number of carbonyl (C=O) groups is 1. The fourth-order valence-electron chi connectivity index (χ4n) is 2.19. The summed E-state index contributed by atoms with van der Waals surface area (Å²) in [4.78, 5) is 19.3. The zero-order chi connectivity index (χ0) is 16.6. The Morgan fingerprint density at radius 3 is 2.52 bits per heavy atom. The summed E-state index contributed by atoms with van der Waals surface area (Å²) in [7, 11) is 0. The summed E-state index contributed by atoms with van der Waals surface area (Å²) in [5.74, 6) is -1.12. The topological polar surface area (TPSA) is 92.9 Å². The quantitative estimate of drug-likeness (QED) is 0.897. The summed E-state index contributed by atoms with van der Waals surface area (Å²) in [6.07, 6.45) is 0.409. The van der Waals surface area contributed by atoms with Crippen molar-refractivity contribution in [3.05, 3.63) is 30.1 Å². The molecule has 0 atom stereocenters. The Morgan fingerprint density at radius 2 is 1.96 bits per heavy atom. The number of amides is 1. The summed E-state index contributed by atoms with van der Waals surface area (Å²) in [5.41, 5.74) is 0.577. The molecule has 2 heterocycles. The van der Waals surface area contributed by atoms with Crippen LogP contribution >= 0.6 is 0 Å². The van der Waals surface area contributed by atoms with E-state index < -0.39 is 18.6 Å². The van der Waals surface area contributed by atoms with Gasteiger partial charge in [0.1, 0.15) is 6.54 Å². The molecule has 23 heavy (non-hydrogen) atoms. The van der Waals surface area contributed by atoms with E-state index >= 15 is 0 Å². The first kappa shape index (κ1) is 15.3. The molecule has 1 fully saturated rings. The van der Waals surface area contributed by atoms with Gasteiger partial charge in [-0.1, -0.05) is 0 Å². The highest BCUT2D eigenvalue weighted by Gasteiger charge is 2.35. The van der Waals surface area contributed by atoms with Crippen LogP contribution in [0.4, 0.5) is 18.9 Å². The minimum absolute atomic E-state index is 0.0455. The van der Waals surface area contributed by atoms with Crippen molar-refractivity contribution in [1.29, 1.82) is 0 Å². The van der Waals surface area contributed by atoms with Crippen LogP contribution in [0.25, 0.3) is 0 Å². The van der Waals surface area contributed by atoms with E-state index in [1.54, 1.807) is 0 Å². The van der Waals surface area contributed by atoms with Gasteiger partial charge < -0.3 is 10.4 Å². The summed E-state index contributed by atoms with van der Waals surface area (Å²) >= 11 is 0. The third-order valence-corrected chi connectivity index (χ3v) is 3.26. The van der Waals surface area contributed by atoms with Gasteiger partial charge in [0, 0.05) is 5.92 Å². The Bertz CT molecular complexity index is 722. The first-order valence-corrected chi connectivity index (χ1v) is 6.78. The van der Waals surface area contributed by atoms with E-state index in [1.165, 1.54) is 6.20 Å². The largest absolute Gasteiger partial charge is 0.505 e. The molecule has 0 saturated heterocycles. The van der Waals surface area contributed by atoms with Crippen molar-refractivity contribution in [3.8, 4) is 5.75 Å². The number of halogens is 3. The van der Waals surface area contributed by atoms with Crippen LogP contribution in [0, 0.1) is 0 Å². The van der Waals surface area contributed by atoms with E-state index in [1.807, 2.05) is 0 Å². The third kappa shape index (κ3) is 3.58. The number of nitrogens with zero attached hydrogens (tertiary/aromatic N) is 4. The smallest absolute Gasteiger partial charge is 0.408 e. The second-order valence-corrected chi connectivity index (χ2v) is 5.21. The molecule has 2 aromatic rings. The molecule has 0 radical (unpaired) electrons. The number of nitrogens with one attached hydrogen (secondary N) is 1. The zero-order valence-electron chi connectivity index (χ0n) is 11.7. The van der Waals surface area contributed by atoms with Crippen LogP contribution in [0.2, 0.25) is 0 Å². The van der Waals surface area contributed by atoms with Crippen LogP contribution in [0.1, 0.15) is 35.1 Å². The van der Waals surface area contributed by atoms with Crippen LogP contribution in [0.3, 0.4) is 0 Å². The van der Waals surface area contributed by atoms with Gasteiger partial charge in [0.05, 0.1) is 30.0 Å². The maximum Gasteiger partial charge on any atom is 0.408 e. The van der Waals surface area contributed by atoms with E-state index in [0.717, 1.165) is 29.9 Å². The minimum atomic E-state index is -4.39. The van der Waals surface area contributed by atoms with Gasteiger partial charge in [0.25, 0.3) is 5.91 Å². The molecule has 122 valence electrons. The Kier molecular flexibility index (Phi) is 3.66. The van der Waals surface area contributed by atoms with Crippen LogP contribution in [0.5, 0.6) is 5.75 Å². The van der Waals surface area contributed by atoms with Crippen molar-refractivity contribution in [2.24, 2.45) is 0 Å². The molecule has 2 N–H and O–H groups in total.